The molecule has 0 spiro atoms. The largest absolute Gasteiger partial charge is 0.478 e. The predicted octanol–water partition coefficient (Wildman–Crippen LogP) is 3.85. The third-order valence-electron chi connectivity index (χ3n) is 4.86. The van der Waals surface area contributed by atoms with E-state index in [4.69, 9.17) is 5.11 Å². The molecule has 0 aliphatic carbocycles. The van der Waals surface area contributed by atoms with Crippen LogP contribution in [-0.4, -0.2) is 35.0 Å². The summed E-state index contributed by atoms with van der Waals surface area (Å²) in [5, 5.41) is 8.89. The molecule has 1 fully saturated rings. The molecule has 25 heavy (non-hydrogen) atoms. The van der Waals surface area contributed by atoms with Crippen LogP contribution in [-0.2, 0) is 0 Å². The Kier molecular flexibility index (Phi) is 4.83. The summed E-state index contributed by atoms with van der Waals surface area (Å²) in [6.45, 7) is 3.22. The summed E-state index contributed by atoms with van der Waals surface area (Å²) in [6.07, 6.45) is 1.68. The second-order valence-corrected chi connectivity index (χ2v) is 6.42. The van der Waals surface area contributed by atoms with Crippen molar-refractivity contribution >= 4 is 11.9 Å². The van der Waals surface area contributed by atoms with Crippen molar-refractivity contribution in [2.75, 3.05) is 13.1 Å². The van der Waals surface area contributed by atoms with Crippen LogP contribution in [0, 0.1) is 12.7 Å². The molecule has 0 saturated carbocycles. The Morgan fingerprint density at radius 1 is 1.12 bits per heavy atom. The molecule has 5 heteroatoms. The maximum absolute atomic E-state index is 14.1. The summed E-state index contributed by atoms with van der Waals surface area (Å²) in [6, 6.07) is 11.7. The Morgan fingerprint density at radius 3 is 2.40 bits per heavy atom. The zero-order valence-electron chi connectivity index (χ0n) is 14.0. The van der Waals surface area contributed by atoms with Crippen LogP contribution >= 0.6 is 0 Å². The van der Waals surface area contributed by atoms with Crippen molar-refractivity contribution in [2.24, 2.45) is 0 Å². The van der Waals surface area contributed by atoms with Gasteiger partial charge in [-0.1, -0.05) is 24.3 Å². The number of nitrogens with zero attached hydrogens (tertiary/aromatic N) is 1. The van der Waals surface area contributed by atoms with E-state index in [0.29, 0.717) is 19.0 Å². The van der Waals surface area contributed by atoms with Crippen LogP contribution < -0.4 is 0 Å². The predicted molar refractivity (Wildman–Crippen MR) is 92.4 cm³/mol. The van der Waals surface area contributed by atoms with Gasteiger partial charge in [0.1, 0.15) is 5.82 Å². The maximum Gasteiger partial charge on any atom is 0.335 e. The lowest BCUT2D eigenvalue weighted by molar-refractivity contribution is 0.0686. The molecule has 0 aromatic heterocycles. The Bertz CT molecular complexity index is 810. The van der Waals surface area contributed by atoms with Gasteiger partial charge in [0.05, 0.1) is 11.1 Å². The molecule has 2 aromatic carbocycles. The quantitative estimate of drug-likeness (QED) is 0.922. The van der Waals surface area contributed by atoms with Crippen molar-refractivity contribution in [1.29, 1.82) is 0 Å². The van der Waals surface area contributed by atoms with Crippen molar-refractivity contribution in [3.05, 3.63) is 70.5 Å². The van der Waals surface area contributed by atoms with E-state index < -0.39 is 11.8 Å². The van der Waals surface area contributed by atoms with Gasteiger partial charge < -0.3 is 10.0 Å². The first-order chi connectivity index (χ1) is 12.0. The number of hydrogen-bond donors (Lipinski definition) is 1. The second-order valence-electron chi connectivity index (χ2n) is 6.42. The van der Waals surface area contributed by atoms with E-state index in [1.807, 2.05) is 12.1 Å². The van der Waals surface area contributed by atoms with Crippen LogP contribution in [0.4, 0.5) is 4.39 Å². The summed E-state index contributed by atoms with van der Waals surface area (Å²) in [5.41, 5.74) is 2.33. The number of amides is 1. The van der Waals surface area contributed by atoms with Gasteiger partial charge in [-0.25, -0.2) is 9.18 Å². The molecule has 1 aliphatic rings. The standard InChI is InChI=1S/C20H20FNO3/c1-13-4-2-3-5-16(13)14-8-10-22(11-9-14)19(23)17-7-6-15(20(24)25)12-18(17)21/h2-7,12,14H,8-11H2,1H3,(H,24,25). The number of benzene rings is 2. The van der Waals surface area contributed by atoms with E-state index in [1.54, 1.807) is 4.90 Å². The zero-order valence-corrected chi connectivity index (χ0v) is 14.0. The number of likely N-dealkylation sites (tertiary alicyclic amines) is 1. The molecule has 1 heterocycles. The normalized spacial score (nSPS) is 15.2. The van der Waals surface area contributed by atoms with Crippen LogP contribution in [0.5, 0.6) is 0 Å². The Labute approximate surface area is 145 Å². The number of carbonyl (C=O) groups excluding carboxylic acids is 1. The fourth-order valence-electron chi connectivity index (χ4n) is 3.43. The lowest BCUT2D eigenvalue weighted by Crippen LogP contribution is -2.38. The average Bonchev–Trinajstić information content (AvgIpc) is 2.61. The Balaban J connectivity index is 1.70. The molecule has 0 bridgehead atoms. The van der Waals surface area contributed by atoms with Gasteiger partial charge in [-0.3, -0.25) is 4.79 Å². The Hall–Kier alpha value is -2.69. The molecule has 0 unspecified atom stereocenters. The van der Waals surface area contributed by atoms with E-state index in [2.05, 4.69) is 19.1 Å². The van der Waals surface area contributed by atoms with Gasteiger partial charge in [0.25, 0.3) is 5.91 Å². The summed E-state index contributed by atoms with van der Waals surface area (Å²) < 4.78 is 14.1. The van der Waals surface area contributed by atoms with Crippen molar-refractivity contribution in [3.8, 4) is 0 Å². The molecule has 1 saturated heterocycles. The fraction of sp³-hybridized carbons (Fsp3) is 0.300. The number of aromatic carboxylic acids is 1. The summed E-state index contributed by atoms with van der Waals surface area (Å²) in [4.78, 5) is 25.1. The molecule has 2 aromatic rings. The first kappa shape index (κ1) is 17.1. The highest BCUT2D eigenvalue weighted by molar-refractivity contribution is 5.96. The number of rotatable bonds is 3. The molecule has 4 nitrogen and oxygen atoms in total. The van der Waals surface area contributed by atoms with Crippen molar-refractivity contribution < 1.29 is 19.1 Å². The SMILES string of the molecule is Cc1ccccc1C1CCN(C(=O)c2ccc(C(=O)O)cc2F)CC1. The molecular formula is C20H20FNO3. The highest BCUT2D eigenvalue weighted by atomic mass is 19.1. The van der Waals surface area contributed by atoms with Gasteiger partial charge >= 0.3 is 5.97 Å². The molecule has 130 valence electrons. The highest BCUT2D eigenvalue weighted by Gasteiger charge is 2.26. The number of hydrogen-bond acceptors (Lipinski definition) is 2. The topological polar surface area (TPSA) is 57.6 Å². The van der Waals surface area contributed by atoms with Gasteiger partial charge in [0, 0.05) is 13.1 Å². The van der Waals surface area contributed by atoms with Crippen LogP contribution in [0.3, 0.4) is 0 Å². The molecule has 1 aliphatic heterocycles. The van der Waals surface area contributed by atoms with Gasteiger partial charge in [-0.15, -0.1) is 0 Å². The summed E-state index contributed by atoms with van der Waals surface area (Å²) in [5.74, 6) is -1.97. The van der Waals surface area contributed by atoms with Crippen LogP contribution in [0.1, 0.15) is 50.6 Å². The van der Waals surface area contributed by atoms with Crippen LogP contribution in [0.25, 0.3) is 0 Å². The summed E-state index contributed by atoms with van der Waals surface area (Å²) >= 11 is 0. The Morgan fingerprint density at radius 2 is 1.80 bits per heavy atom. The smallest absolute Gasteiger partial charge is 0.335 e. The minimum absolute atomic E-state index is 0.0701. The second kappa shape index (κ2) is 7.05. The number of halogens is 1. The molecule has 3 rings (SSSR count). The van der Waals surface area contributed by atoms with E-state index in [0.717, 1.165) is 18.9 Å². The van der Waals surface area contributed by atoms with Gasteiger partial charge in [0.15, 0.2) is 0 Å². The monoisotopic (exact) mass is 341 g/mol. The maximum atomic E-state index is 14.1. The first-order valence-corrected chi connectivity index (χ1v) is 8.35. The fourth-order valence-corrected chi connectivity index (χ4v) is 3.43. The number of carboxylic acids is 1. The van der Waals surface area contributed by atoms with Crippen LogP contribution in [0.15, 0.2) is 42.5 Å². The lowest BCUT2D eigenvalue weighted by Gasteiger charge is -2.33. The van der Waals surface area contributed by atoms with E-state index in [9.17, 15) is 14.0 Å². The molecule has 1 amide bonds. The number of aryl methyl sites for hydroxylation is 1. The van der Waals surface area contributed by atoms with E-state index >= 15 is 0 Å². The summed E-state index contributed by atoms with van der Waals surface area (Å²) in [7, 11) is 0. The third-order valence-corrected chi connectivity index (χ3v) is 4.86. The van der Waals surface area contributed by atoms with Gasteiger partial charge in [-0.2, -0.15) is 0 Å². The molecule has 0 radical (unpaired) electrons. The average molecular weight is 341 g/mol. The van der Waals surface area contributed by atoms with Crippen molar-refractivity contribution in [3.63, 3.8) is 0 Å². The number of carbonyl (C=O) groups is 2. The molecule has 1 N–H and O–H groups in total. The minimum Gasteiger partial charge on any atom is -0.478 e. The molecule has 0 atom stereocenters. The van der Waals surface area contributed by atoms with Crippen molar-refractivity contribution in [2.45, 2.75) is 25.7 Å². The minimum atomic E-state index is -1.21. The van der Waals surface area contributed by atoms with Gasteiger partial charge in [0.2, 0.25) is 0 Å². The number of carboxylic acid groups (broad SMARTS) is 1. The third kappa shape index (κ3) is 3.55. The first-order valence-electron chi connectivity index (χ1n) is 8.35. The van der Waals surface area contributed by atoms with Crippen LogP contribution in [0.2, 0.25) is 0 Å². The van der Waals surface area contributed by atoms with E-state index in [-0.39, 0.29) is 17.0 Å². The number of piperidine rings is 1. The molecular weight excluding hydrogens is 321 g/mol. The lowest BCUT2D eigenvalue weighted by atomic mass is 9.87. The zero-order chi connectivity index (χ0) is 18.0. The van der Waals surface area contributed by atoms with E-state index in [1.165, 1.54) is 23.3 Å². The van der Waals surface area contributed by atoms with Crippen molar-refractivity contribution in [1.82, 2.24) is 4.90 Å². The highest BCUT2D eigenvalue weighted by Crippen LogP contribution is 2.30. The van der Waals surface area contributed by atoms with Gasteiger partial charge in [-0.05, 0) is 55.0 Å².